The maximum absolute atomic E-state index is 12.5. The molecule has 0 heterocycles. The summed E-state index contributed by atoms with van der Waals surface area (Å²) in [6, 6.07) is 8.22. The molecule has 0 aliphatic heterocycles. The first kappa shape index (κ1) is 17.2. The highest BCUT2D eigenvalue weighted by Crippen LogP contribution is 2.44. The van der Waals surface area contributed by atoms with Crippen LogP contribution in [0.1, 0.15) is 15.9 Å². The maximum Gasteiger partial charge on any atom is 0.204 e. The smallest absolute Gasteiger partial charge is 0.204 e. The van der Waals surface area contributed by atoms with Crippen LogP contribution < -0.4 is 14.2 Å². The third-order valence-corrected chi connectivity index (χ3v) is 3.40. The molecule has 0 unspecified atom stereocenters. The van der Waals surface area contributed by atoms with E-state index in [1.54, 1.807) is 18.2 Å². The summed E-state index contributed by atoms with van der Waals surface area (Å²) in [5, 5.41) is 19.8. The summed E-state index contributed by atoms with van der Waals surface area (Å²) in [4.78, 5) is 12.5. The molecular formula is C18H18O6. The standard InChI is InChI=1S/C18H18O6/c1-22-15-7-5-4-6-11(15)8-9-12(19)16-13(20)10-14(21)17(23-2)18(16)24-3/h4-10,20-21H,1-3H3. The molecule has 0 saturated carbocycles. The van der Waals surface area contributed by atoms with Crippen molar-refractivity contribution in [3.63, 3.8) is 0 Å². The van der Waals surface area contributed by atoms with E-state index >= 15 is 0 Å². The molecular weight excluding hydrogens is 312 g/mol. The number of hydrogen-bond donors (Lipinski definition) is 2. The Hall–Kier alpha value is -3.15. The Kier molecular flexibility index (Phi) is 5.31. The first-order valence-corrected chi connectivity index (χ1v) is 7.05. The van der Waals surface area contributed by atoms with Gasteiger partial charge in [0, 0.05) is 11.6 Å². The number of ketones is 1. The first-order chi connectivity index (χ1) is 11.5. The Balaban J connectivity index is 2.45. The summed E-state index contributed by atoms with van der Waals surface area (Å²) in [6.45, 7) is 0. The largest absolute Gasteiger partial charge is 0.507 e. The summed E-state index contributed by atoms with van der Waals surface area (Å²) in [5.74, 6) is -0.680. The lowest BCUT2D eigenvalue weighted by Gasteiger charge is -2.14. The molecule has 0 amide bonds. The zero-order valence-corrected chi connectivity index (χ0v) is 13.6. The van der Waals surface area contributed by atoms with Crippen LogP contribution in [0.5, 0.6) is 28.7 Å². The van der Waals surface area contributed by atoms with Crippen molar-refractivity contribution in [3.8, 4) is 28.7 Å². The molecule has 0 bridgehead atoms. The molecule has 0 atom stereocenters. The van der Waals surface area contributed by atoms with Gasteiger partial charge in [0.1, 0.15) is 17.1 Å². The molecule has 126 valence electrons. The molecule has 2 rings (SSSR count). The highest BCUT2D eigenvalue weighted by molar-refractivity contribution is 6.11. The second kappa shape index (κ2) is 7.41. The van der Waals surface area contributed by atoms with E-state index in [9.17, 15) is 15.0 Å². The number of benzene rings is 2. The number of methoxy groups -OCH3 is 3. The van der Waals surface area contributed by atoms with Crippen LogP contribution in [0.15, 0.2) is 36.4 Å². The van der Waals surface area contributed by atoms with Gasteiger partial charge in [-0.25, -0.2) is 0 Å². The molecule has 2 aromatic carbocycles. The zero-order valence-electron chi connectivity index (χ0n) is 13.6. The fraction of sp³-hybridized carbons (Fsp3) is 0.167. The lowest BCUT2D eigenvalue weighted by atomic mass is 10.0. The van der Waals surface area contributed by atoms with E-state index in [0.29, 0.717) is 11.3 Å². The molecule has 2 aromatic rings. The topological polar surface area (TPSA) is 85.2 Å². The second-order valence-electron chi connectivity index (χ2n) is 4.80. The van der Waals surface area contributed by atoms with Gasteiger partial charge in [0.2, 0.25) is 5.75 Å². The van der Waals surface area contributed by atoms with Gasteiger partial charge >= 0.3 is 0 Å². The Bertz CT molecular complexity index is 779. The average molecular weight is 330 g/mol. The van der Waals surface area contributed by atoms with Crippen LogP contribution in [0, 0.1) is 0 Å². The fourth-order valence-corrected chi connectivity index (χ4v) is 2.30. The predicted octanol–water partition coefficient (Wildman–Crippen LogP) is 3.02. The molecule has 0 saturated heterocycles. The molecule has 6 heteroatoms. The summed E-state index contributed by atoms with van der Waals surface area (Å²) in [7, 11) is 4.18. The number of hydrogen-bond acceptors (Lipinski definition) is 6. The SMILES string of the molecule is COc1ccccc1C=CC(=O)c1c(O)cc(O)c(OC)c1OC. The van der Waals surface area contributed by atoms with E-state index in [2.05, 4.69) is 0 Å². The normalized spacial score (nSPS) is 10.6. The highest BCUT2D eigenvalue weighted by atomic mass is 16.5. The predicted molar refractivity (Wildman–Crippen MR) is 89.2 cm³/mol. The Morgan fingerprint density at radius 1 is 0.958 bits per heavy atom. The van der Waals surface area contributed by atoms with Gasteiger partial charge in [-0.05, 0) is 18.2 Å². The first-order valence-electron chi connectivity index (χ1n) is 7.05. The molecule has 2 N–H and O–H groups in total. The number of phenolic OH excluding ortho intramolecular Hbond substituents is 2. The van der Waals surface area contributed by atoms with Gasteiger partial charge in [-0.15, -0.1) is 0 Å². The van der Waals surface area contributed by atoms with Crippen LogP contribution >= 0.6 is 0 Å². The van der Waals surface area contributed by atoms with Crippen molar-refractivity contribution in [2.75, 3.05) is 21.3 Å². The van der Waals surface area contributed by atoms with Gasteiger partial charge in [0.15, 0.2) is 17.3 Å². The highest BCUT2D eigenvalue weighted by Gasteiger charge is 2.23. The van der Waals surface area contributed by atoms with Crippen molar-refractivity contribution >= 4 is 11.9 Å². The fourth-order valence-electron chi connectivity index (χ4n) is 2.30. The van der Waals surface area contributed by atoms with Crippen LogP contribution in [0.3, 0.4) is 0 Å². The van der Waals surface area contributed by atoms with E-state index in [-0.39, 0.29) is 22.8 Å². The molecule has 24 heavy (non-hydrogen) atoms. The third kappa shape index (κ3) is 3.27. The third-order valence-electron chi connectivity index (χ3n) is 3.40. The maximum atomic E-state index is 12.5. The minimum Gasteiger partial charge on any atom is -0.507 e. The van der Waals surface area contributed by atoms with Crippen molar-refractivity contribution < 1.29 is 29.2 Å². The van der Waals surface area contributed by atoms with Crippen LogP contribution in [0.4, 0.5) is 0 Å². The van der Waals surface area contributed by atoms with Crippen molar-refractivity contribution in [3.05, 3.63) is 47.5 Å². The van der Waals surface area contributed by atoms with Crippen molar-refractivity contribution in [1.29, 1.82) is 0 Å². The molecule has 0 fully saturated rings. The van der Waals surface area contributed by atoms with Crippen LogP contribution in [0.2, 0.25) is 0 Å². The second-order valence-corrected chi connectivity index (χ2v) is 4.80. The molecule has 0 radical (unpaired) electrons. The summed E-state index contributed by atoms with van der Waals surface area (Å²) < 4.78 is 15.4. The number of carbonyl (C=O) groups is 1. The average Bonchev–Trinajstić information content (AvgIpc) is 2.59. The molecule has 6 nitrogen and oxygen atoms in total. The van der Waals surface area contributed by atoms with E-state index in [0.717, 1.165) is 6.07 Å². The molecule has 0 aliphatic rings. The van der Waals surface area contributed by atoms with Gasteiger partial charge in [-0.2, -0.15) is 0 Å². The number of para-hydroxylation sites is 1. The van der Waals surface area contributed by atoms with Crippen molar-refractivity contribution in [1.82, 2.24) is 0 Å². The Morgan fingerprint density at radius 2 is 1.62 bits per heavy atom. The van der Waals surface area contributed by atoms with Gasteiger partial charge in [0.05, 0.1) is 21.3 Å². The molecule has 0 aromatic heterocycles. The van der Waals surface area contributed by atoms with E-state index in [4.69, 9.17) is 14.2 Å². The van der Waals surface area contributed by atoms with Crippen LogP contribution in [-0.2, 0) is 0 Å². The molecule has 0 aliphatic carbocycles. The lowest BCUT2D eigenvalue weighted by molar-refractivity contribution is 0.104. The number of rotatable bonds is 6. The monoisotopic (exact) mass is 330 g/mol. The lowest BCUT2D eigenvalue weighted by Crippen LogP contribution is -2.02. The molecule has 0 spiro atoms. The van der Waals surface area contributed by atoms with E-state index in [1.807, 2.05) is 12.1 Å². The number of allylic oxidation sites excluding steroid dienone is 1. The van der Waals surface area contributed by atoms with Gasteiger partial charge < -0.3 is 24.4 Å². The van der Waals surface area contributed by atoms with E-state index in [1.165, 1.54) is 27.4 Å². The van der Waals surface area contributed by atoms with E-state index < -0.39 is 11.5 Å². The number of carbonyl (C=O) groups excluding carboxylic acids is 1. The Labute approximate surface area is 139 Å². The summed E-state index contributed by atoms with van der Waals surface area (Å²) in [5.41, 5.74) is 0.607. The van der Waals surface area contributed by atoms with Crippen LogP contribution in [0.25, 0.3) is 6.08 Å². The number of aromatic hydroxyl groups is 2. The van der Waals surface area contributed by atoms with Crippen LogP contribution in [-0.4, -0.2) is 37.3 Å². The quantitative estimate of drug-likeness (QED) is 0.625. The number of ether oxygens (including phenoxy) is 3. The van der Waals surface area contributed by atoms with Crippen molar-refractivity contribution in [2.45, 2.75) is 0 Å². The summed E-state index contributed by atoms with van der Waals surface area (Å²) >= 11 is 0. The summed E-state index contributed by atoms with van der Waals surface area (Å²) in [6.07, 6.45) is 2.85. The zero-order chi connectivity index (χ0) is 17.7. The minimum absolute atomic E-state index is 0.0238. The van der Waals surface area contributed by atoms with Gasteiger partial charge in [-0.1, -0.05) is 18.2 Å². The minimum atomic E-state index is -0.506. The number of phenols is 2. The van der Waals surface area contributed by atoms with Gasteiger partial charge in [0.25, 0.3) is 0 Å². The van der Waals surface area contributed by atoms with Gasteiger partial charge in [-0.3, -0.25) is 4.79 Å². The van der Waals surface area contributed by atoms with Crippen molar-refractivity contribution in [2.24, 2.45) is 0 Å². The Morgan fingerprint density at radius 3 is 2.25 bits per heavy atom.